The monoisotopic (exact) mass is 317 g/mol. The first-order valence-electron chi connectivity index (χ1n) is 7.69. The summed E-state index contributed by atoms with van der Waals surface area (Å²) in [6, 6.07) is 13.7. The highest BCUT2D eigenvalue weighted by Crippen LogP contribution is 2.23. The van der Waals surface area contributed by atoms with Crippen LogP contribution in [0.1, 0.15) is 11.1 Å². The third-order valence-electron chi connectivity index (χ3n) is 4.10. The molecule has 3 aromatic rings. The molecule has 0 aliphatic carbocycles. The average molecular weight is 317 g/mol. The van der Waals surface area contributed by atoms with Gasteiger partial charge in [-0.25, -0.2) is 4.98 Å². The molecule has 2 heterocycles. The number of imidazole rings is 1. The van der Waals surface area contributed by atoms with Crippen LogP contribution in [-0.2, 0) is 11.2 Å². The highest BCUT2D eigenvalue weighted by Gasteiger charge is 2.09. The Hall–Kier alpha value is -3.21. The van der Waals surface area contributed by atoms with Gasteiger partial charge in [0.2, 0.25) is 0 Å². The first-order chi connectivity index (χ1) is 11.7. The van der Waals surface area contributed by atoms with Gasteiger partial charge in [-0.05, 0) is 41.0 Å². The van der Waals surface area contributed by atoms with Crippen LogP contribution >= 0.6 is 0 Å². The van der Waals surface area contributed by atoms with E-state index >= 15 is 0 Å². The first-order valence-corrected chi connectivity index (χ1v) is 7.69. The van der Waals surface area contributed by atoms with Crippen molar-refractivity contribution in [2.45, 2.75) is 6.42 Å². The summed E-state index contributed by atoms with van der Waals surface area (Å²) in [5.41, 5.74) is 5.92. The van der Waals surface area contributed by atoms with Crippen molar-refractivity contribution in [3.05, 3.63) is 66.0 Å². The molecule has 2 aromatic carbocycles. The number of carboxylic acids is 1. The van der Waals surface area contributed by atoms with E-state index in [-0.39, 0.29) is 6.42 Å². The molecule has 1 aliphatic heterocycles. The third-order valence-corrected chi connectivity index (χ3v) is 4.10. The predicted octanol–water partition coefficient (Wildman–Crippen LogP) is 3.12. The smallest absolute Gasteiger partial charge is 0.307 e. The van der Waals surface area contributed by atoms with Gasteiger partial charge >= 0.3 is 5.97 Å². The van der Waals surface area contributed by atoms with Gasteiger partial charge in [0.25, 0.3) is 0 Å². The number of benzene rings is 2. The first kappa shape index (κ1) is 14.4. The van der Waals surface area contributed by atoms with Crippen LogP contribution in [0.4, 0.5) is 0 Å². The summed E-state index contributed by atoms with van der Waals surface area (Å²) in [6.07, 6.45) is 5.81. The molecule has 0 fully saturated rings. The van der Waals surface area contributed by atoms with Crippen LogP contribution in [0.3, 0.4) is 0 Å². The lowest BCUT2D eigenvalue weighted by atomic mass is 10.1. The molecule has 1 aromatic heterocycles. The number of nitrogens with zero attached hydrogens (tertiary/aromatic N) is 3. The molecular weight excluding hydrogens is 302 g/mol. The fourth-order valence-corrected chi connectivity index (χ4v) is 2.89. The molecule has 1 N–H and O–H groups in total. The number of fused-ring (bicyclic) bond motifs is 1. The molecule has 0 saturated heterocycles. The number of hydrogen-bond acceptors (Lipinski definition) is 3. The number of aromatic nitrogens is 2. The lowest BCUT2D eigenvalue weighted by Gasteiger charge is -2.06. The molecule has 0 amide bonds. The Morgan fingerprint density at radius 1 is 1.17 bits per heavy atom. The van der Waals surface area contributed by atoms with Gasteiger partial charge in [-0.2, -0.15) is 0 Å². The van der Waals surface area contributed by atoms with Crippen molar-refractivity contribution in [3.63, 3.8) is 0 Å². The number of rotatable bonds is 4. The van der Waals surface area contributed by atoms with Gasteiger partial charge in [0.15, 0.2) is 0 Å². The number of aliphatic imine (C=N–C) groups is 1. The van der Waals surface area contributed by atoms with E-state index in [1.165, 1.54) is 0 Å². The predicted molar refractivity (Wildman–Crippen MR) is 93.7 cm³/mol. The Bertz CT molecular complexity index is 982. The molecule has 118 valence electrons. The van der Waals surface area contributed by atoms with Crippen molar-refractivity contribution in [2.75, 3.05) is 6.54 Å². The molecule has 5 heteroatoms. The number of carboxylic acid groups (broad SMARTS) is 1. The molecule has 0 bridgehead atoms. The van der Waals surface area contributed by atoms with Crippen molar-refractivity contribution >= 4 is 28.8 Å². The van der Waals surface area contributed by atoms with Crippen molar-refractivity contribution in [1.29, 1.82) is 0 Å². The Morgan fingerprint density at radius 3 is 2.71 bits per heavy atom. The Labute approximate surface area is 138 Å². The summed E-state index contributed by atoms with van der Waals surface area (Å²) in [5.74, 6) is -0.826. The second-order valence-electron chi connectivity index (χ2n) is 5.71. The normalized spacial score (nSPS) is 13.4. The lowest BCUT2D eigenvalue weighted by molar-refractivity contribution is -0.136. The highest BCUT2D eigenvalue weighted by molar-refractivity contribution is 6.12. The number of aliphatic carboxylic acids is 1. The molecule has 0 atom stereocenters. The zero-order valence-corrected chi connectivity index (χ0v) is 12.9. The molecule has 4 rings (SSSR count). The maximum atomic E-state index is 10.8. The van der Waals surface area contributed by atoms with Crippen LogP contribution in [0.25, 0.3) is 22.3 Å². The Morgan fingerprint density at radius 2 is 2.00 bits per heavy atom. The van der Waals surface area contributed by atoms with Gasteiger partial charge < -0.3 is 5.11 Å². The van der Waals surface area contributed by atoms with E-state index in [1.54, 1.807) is 6.33 Å². The number of allylic oxidation sites excluding steroid dienone is 1. The van der Waals surface area contributed by atoms with Crippen molar-refractivity contribution in [2.24, 2.45) is 4.99 Å². The van der Waals surface area contributed by atoms with E-state index in [0.29, 0.717) is 0 Å². The van der Waals surface area contributed by atoms with Crippen LogP contribution in [0.5, 0.6) is 0 Å². The molecular formula is C19H15N3O2. The average Bonchev–Trinajstić information content (AvgIpc) is 3.24. The van der Waals surface area contributed by atoms with E-state index in [2.05, 4.69) is 34.3 Å². The molecule has 0 radical (unpaired) electrons. The van der Waals surface area contributed by atoms with E-state index in [0.717, 1.165) is 40.0 Å². The van der Waals surface area contributed by atoms with Crippen molar-refractivity contribution in [1.82, 2.24) is 9.55 Å². The lowest BCUT2D eigenvalue weighted by Crippen LogP contribution is -2.00. The summed E-state index contributed by atoms with van der Waals surface area (Å²) in [5, 5.41) is 8.85. The summed E-state index contributed by atoms with van der Waals surface area (Å²) in [7, 11) is 0. The minimum absolute atomic E-state index is 0.0327. The van der Waals surface area contributed by atoms with E-state index in [4.69, 9.17) is 5.11 Å². The Kier molecular flexibility index (Phi) is 3.46. The third kappa shape index (κ3) is 2.60. The van der Waals surface area contributed by atoms with Gasteiger partial charge in [0, 0.05) is 11.9 Å². The molecule has 24 heavy (non-hydrogen) atoms. The van der Waals surface area contributed by atoms with Crippen LogP contribution < -0.4 is 0 Å². The highest BCUT2D eigenvalue weighted by atomic mass is 16.4. The standard InChI is InChI=1S/C19H15N3O2/c23-19(24)9-13-1-4-16(5-2-13)22-12-21-17-10-14(3-6-18(17)22)15-7-8-20-11-15/h1-7,10-12H,8-9H2,(H,23,24). The Balaban J connectivity index is 1.69. The number of hydrogen-bond donors (Lipinski definition) is 1. The summed E-state index contributed by atoms with van der Waals surface area (Å²) < 4.78 is 2.00. The molecule has 5 nitrogen and oxygen atoms in total. The fraction of sp³-hybridized carbons (Fsp3) is 0.105. The topological polar surface area (TPSA) is 67.5 Å². The zero-order valence-electron chi connectivity index (χ0n) is 12.9. The maximum absolute atomic E-state index is 10.8. The second kappa shape index (κ2) is 5.77. The van der Waals surface area contributed by atoms with Gasteiger partial charge in [-0.1, -0.05) is 24.3 Å². The quantitative estimate of drug-likeness (QED) is 0.804. The van der Waals surface area contributed by atoms with Crippen LogP contribution in [0, 0.1) is 0 Å². The minimum atomic E-state index is -0.826. The van der Waals surface area contributed by atoms with E-state index in [1.807, 2.05) is 35.0 Å². The van der Waals surface area contributed by atoms with E-state index in [9.17, 15) is 4.79 Å². The largest absolute Gasteiger partial charge is 0.481 e. The van der Waals surface area contributed by atoms with Gasteiger partial charge in [0.05, 0.1) is 24.0 Å². The summed E-state index contributed by atoms with van der Waals surface area (Å²) >= 11 is 0. The molecule has 0 spiro atoms. The minimum Gasteiger partial charge on any atom is -0.481 e. The maximum Gasteiger partial charge on any atom is 0.307 e. The fourth-order valence-electron chi connectivity index (χ4n) is 2.89. The van der Waals surface area contributed by atoms with Crippen LogP contribution in [0.15, 0.2) is 59.9 Å². The van der Waals surface area contributed by atoms with Crippen LogP contribution in [-0.4, -0.2) is 33.4 Å². The van der Waals surface area contributed by atoms with Gasteiger partial charge in [-0.3, -0.25) is 14.4 Å². The zero-order chi connectivity index (χ0) is 16.5. The molecule has 0 unspecified atom stereocenters. The second-order valence-corrected chi connectivity index (χ2v) is 5.71. The molecule has 1 aliphatic rings. The number of carbonyl (C=O) groups is 1. The van der Waals surface area contributed by atoms with Crippen molar-refractivity contribution < 1.29 is 9.90 Å². The van der Waals surface area contributed by atoms with Crippen LogP contribution in [0.2, 0.25) is 0 Å². The van der Waals surface area contributed by atoms with E-state index < -0.39 is 5.97 Å². The van der Waals surface area contributed by atoms with Crippen molar-refractivity contribution in [3.8, 4) is 5.69 Å². The molecule has 0 saturated carbocycles. The summed E-state index contributed by atoms with van der Waals surface area (Å²) in [6.45, 7) is 0.741. The van der Waals surface area contributed by atoms with Gasteiger partial charge in [-0.15, -0.1) is 0 Å². The van der Waals surface area contributed by atoms with Gasteiger partial charge in [0.1, 0.15) is 6.33 Å². The SMILES string of the molecule is O=C(O)Cc1ccc(-n2cnc3cc(C4=CCN=C4)ccc32)cc1. The summed E-state index contributed by atoms with van der Waals surface area (Å²) in [4.78, 5) is 19.5.